The Hall–Kier alpha value is -1.46. The Morgan fingerprint density at radius 2 is 2.05 bits per heavy atom. The quantitative estimate of drug-likeness (QED) is 0.854. The number of halogens is 3. The van der Waals surface area contributed by atoms with Crippen molar-refractivity contribution in [2.45, 2.75) is 32.9 Å². The van der Waals surface area contributed by atoms with Crippen molar-refractivity contribution in [3.63, 3.8) is 0 Å². The molecule has 19 heavy (non-hydrogen) atoms. The van der Waals surface area contributed by atoms with Crippen LogP contribution in [0.15, 0.2) is 12.1 Å². The maximum absolute atomic E-state index is 12.7. The molecule has 108 valence electrons. The number of hydrogen-bond acceptors (Lipinski definition) is 3. The zero-order valence-electron chi connectivity index (χ0n) is 11.3. The van der Waals surface area contributed by atoms with Gasteiger partial charge in [0.2, 0.25) is 5.88 Å². The molecule has 1 rings (SSSR count). The highest BCUT2D eigenvalue weighted by Gasteiger charge is 2.31. The van der Waals surface area contributed by atoms with Gasteiger partial charge in [-0.3, -0.25) is 0 Å². The van der Waals surface area contributed by atoms with Crippen molar-refractivity contribution < 1.29 is 17.9 Å². The normalized spacial score (nSPS) is 13.2. The Morgan fingerprint density at radius 3 is 2.58 bits per heavy atom. The first-order valence-corrected chi connectivity index (χ1v) is 6.26. The highest BCUT2D eigenvalue weighted by molar-refractivity contribution is 5.42. The lowest BCUT2D eigenvalue weighted by Gasteiger charge is -2.14. The Labute approximate surface area is 111 Å². The van der Waals surface area contributed by atoms with Crippen LogP contribution in [0.1, 0.15) is 32.3 Å². The summed E-state index contributed by atoms with van der Waals surface area (Å²) in [6, 6.07) is 1.89. The smallest absolute Gasteiger partial charge is 0.416 e. The number of rotatable bonds is 6. The van der Waals surface area contributed by atoms with E-state index in [1.807, 2.05) is 6.92 Å². The van der Waals surface area contributed by atoms with E-state index in [2.05, 4.69) is 17.2 Å². The summed E-state index contributed by atoms with van der Waals surface area (Å²) in [5, 5.41) is 2.60. The minimum atomic E-state index is -4.40. The first-order valence-electron chi connectivity index (χ1n) is 6.26. The molecule has 0 aliphatic rings. The van der Waals surface area contributed by atoms with Crippen LogP contribution >= 0.6 is 0 Å². The van der Waals surface area contributed by atoms with E-state index in [4.69, 9.17) is 4.74 Å². The van der Waals surface area contributed by atoms with Crippen LogP contribution in [0, 0.1) is 5.92 Å². The average Bonchev–Trinajstić information content (AvgIpc) is 2.35. The van der Waals surface area contributed by atoms with E-state index >= 15 is 0 Å². The maximum atomic E-state index is 12.7. The summed E-state index contributed by atoms with van der Waals surface area (Å²) in [4.78, 5) is 3.96. The number of ether oxygens (including phenoxy) is 1. The second-order valence-electron chi connectivity index (χ2n) is 4.53. The lowest BCUT2D eigenvalue weighted by atomic mass is 10.1. The molecule has 1 atom stereocenters. The summed E-state index contributed by atoms with van der Waals surface area (Å²) in [5.41, 5.74) is -0.759. The summed E-state index contributed by atoms with van der Waals surface area (Å²) < 4.78 is 43.4. The fourth-order valence-electron chi connectivity index (χ4n) is 1.67. The van der Waals surface area contributed by atoms with Crippen molar-refractivity contribution in [1.82, 2.24) is 4.98 Å². The van der Waals surface area contributed by atoms with Gasteiger partial charge in [0.25, 0.3) is 0 Å². The molecule has 6 heteroatoms. The molecule has 0 fully saturated rings. The van der Waals surface area contributed by atoms with Gasteiger partial charge in [-0.15, -0.1) is 0 Å². The number of alkyl halides is 3. The molecular weight excluding hydrogens is 257 g/mol. The van der Waals surface area contributed by atoms with E-state index in [1.165, 1.54) is 7.05 Å². The molecule has 0 aromatic carbocycles. The van der Waals surface area contributed by atoms with Crippen LogP contribution in [0.3, 0.4) is 0 Å². The third-order valence-electron chi connectivity index (χ3n) is 2.68. The number of hydrogen-bond donors (Lipinski definition) is 1. The van der Waals surface area contributed by atoms with E-state index in [0.717, 1.165) is 25.0 Å². The molecule has 0 aliphatic heterocycles. The summed E-state index contributed by atoms with van der Waals surface area (Å²) in [6.45, 7) is 4.42. The molecule has 0 radical (unpaired) electrons. The van der Waals surface area contributed by atoms with Crippen LogP contribution in [-0.2, 0) is 6.18 Å². The molecular formula is C13H19F3N2O. The number of anilines is 1. The van der Waals surface area contributed by atoms with E-state index in [9.17, 15) is 13.2 Å². The first-order chi connectivity index (χ1) is 8.86. The van der Waals surface area contributed by atoms with Gasteiger partial charge in [-0.25, -0.2) is 0 Å². The summed E-state index contributed by atoms with van der Waals surface area (Å²) >= 11 is 0. The van der Waals surface area contributed by atoms with Crippen molar-refractivity contribution in [3.8, 4) is 5.88 Å². The van der Waals surface area contributed by atoms with Gasteiger partial charge in [0.05, 0.1) is 12.2 Å². The molecule has 1 aromatic rings. The van der Waals surface area contributed by atoms with Gasteiger partial charge in [0.15, 0.2) is 0 Å². The number of nitrogens with one attached hydrogen (secondary N) is 1. The highest BCUT2D eigenvalue weighted by atomic mass is 19.4. The van der Waals surface area contributed by atoms with Gasteiger partial charge >= 0.3 is 6.18 Å². The van der Waals surface area contributed by atoms with Gasteiger partial charge in [0.1, 0.15) is 5.82 Å². The van der Waals surface area contributed by atoms with Crippen molar-refractivity contribution in [2.75, 3.05) is 19.0 Å². The molecule has 0 saturated heterocycles. The molecule has 0 amide bonds. The lowest BCUT2D eigenvalue weighted by Crippen LogP contribution is -2.12. The van der Waals surface area contributed by atoms with E-state index < -0.39 is 11.7 Å². The van der Waals surface area contributed by atoms with Crippen LogP contribution < -0.4 is 10.1 Å². The lowest BCUT2D eigenvalue weighted by molar-refractivity contribution is -0.137. The van der Waals surface area contributed by atoms with Crippen LogP contribution in [0.4, 0.5) is 19.0 Å². The average molecular weight is 276 g/mol. The predicted octanol–water partition coefficient (Wildman–Crippen LogP) is 3.96. The fourth-order valence-corrected chi connectivity index (χ4v) is 1.67. The summed E-state index contributed by atoms with van der Waals surface area (Å²) in [5.74, 6) is 0.439. The van der Waals surface area contributed by atoms with E-state index in [0.29, 0.717) is 12.5 Å². The standard InChI is InChI=1S/C13H19F3N2O/c1-4-5-9(2)8-19-12-7-10(13(14,15)16)6-11(17-3)18-12/h6-7,9H,4-5,8H2,1-3H3,(H,17,18). The topological polar surface area (TPSA) is 34.1 Å². The van der Waals surface area contributed by atoms with Crippen LogP contribution in [0.5, 0.6) is 5.88 Å². The Kier molecular flexibility index (Phi) is 5.44. The zero-order valence-corrected chi connectivity index (χ0v) is 11.3. The fraction of sp³-hybridized carbons (Fsp3) is 0.615. The van der Waals surface area contributed by atoms with Crippen LogP contribution in [-0.4, -0.2) is 18.6 Å². The Bertz CT molecular complexity index is 407. The molecule has 0 spiro atoms. The van der Waals surface area contributed by atoms with Gasteiger partial charge < -0.3 is 10.1 Å². The maximum Gasteiger partial charge on any atom is 0.416 e. The second kappa shape index (κ2) is 6.63. The number of pyridine rings is 1. The monoisotopic (exact) mass is 276 g/mol. The molecule has 0 bridgehead atoms. The van der Waals surface area contributed by atoms with Crippen LogP contribution in [0.25, 0.3) is 0 Å². The molecule has 1 N–H and O–H groups in total. The van der Waals surface area contributed by atoms with Crippen molar-refractivity contribution in [2.24, 2.45) is 5.92 Å². The summed E-state index contributed by atoms with van der Waals surface area (Å²) in [6.07, 6.45) is -2.41. The van der Waals surface area contributed by atoms with Crippen molar-refractivity contribution in [3.05, 3.63) is 17.7 Å². The first kappa shape index (κ1) is 15.6. The zero-order chi connectivity index (χ0) is 14.5. The molecule has 0 aliphatic carbocycles. The van der Waals surface area contributed by atoms with Gasteiger partial charge in [-0.05, 0) is 18.4 Å². The van der Waals surface area contributed by atoms with E-state index in [1.54, 1.807) is 0 Å². The predicted molar refractivity (Wildman–Crippen MR) is 68.4 cm³/mol. The largest absolute Gasteiger partial charge is 0.477 e. The molecule has 0 saturated carbocycles. The summed E-state index contributed by atoms with van der Waals surface area (Å²) in [7, 11) is 1.52. The van der Waals surface area contributed by atoms with Crippen LogP contribution in [0.2, 0.25) is 0 Å². The molecule has 3 nitrogen and oxygen atoms in total. The molecule has 1 unspecified atom stereocenters. The molecule has 1 heterocycles. The SMILES string of the molecule is CCCC(C)COc1cc(C(F)(F)F)cc(NC)n1. The Balaban J connectivity index is 2.83. The van der Waals surface area contributed by atoms with E-state index in [-0.39, 0.29) is 11.7 Å². The Morgan fingerprint density at radius 1 is 1.37 bits per heavy atom. The molecule has 1 aromatic heterocycles. The highest BCUT2D eigenvalue weighted by Crippen LogP contribution is 2.32. The van der Waals surface area contributed by atoms with Crippen molar-refractivity contribution >= 4 is 5.82 Å². The van der Waals surface area contributed by atoms with Gasteiger partial charge in [-0.2, -0.15) is 18.2 Å². The minimum absolute atomic E-state index is 0.00197. The number of nitrogens with zero attached hydrogens (tertiary/aromatic N) is 1. The third kappa shape index (κ3) is 4.96. The van der Waals surface area contributed by atoms with Crippen molar-refractivity contribution in [1.29, 1.82) is 0 Å². The third-order valence-corrected chi connectivity index (χ3v) is 2.68. The number of aromatic nitrogens is 1. The van der Waals surface area contributed by atoms with Gasteiger partial charge in [0, 0.05) is 13.1 Å². The van der Waals surface area contributed by atoms with Gasteiger partial charge in [-0.1, -0.05) is 20.3 Å². The second-order valence-corrected chi connectivity index (χ2v) is 4.53. The minimum Gasteiger partial charge on any atom is -0.477 e.